The average molecular weight is 180 g/mol. The molecule has 0 aromatic carbocycles. The van der Waals surface area contributed by atoms with Gasteiger partial charge in [-0.3, -0.25) is 4.98 Å². The molecule has 13 heavy (non-hydrogen) atoms. The van der Waals surface area contributed by atoms with Crippen LogP contribution in [0.1, 0.15) is 12.8 Å². The molecule has 0 unspecified atom stereocenters. The van der Waals surface area contributed by atoms with E-state index in [9.17, 15) is 0 Å². The van der Waals surface area contributed by atoms with E-state index in [0.717, 1.165) is 12.8 Å². The molecule has 2 rings (SSSR count). The molecule has 1 aliphatic rings. The number of anilines is 1. The Morgan fingerprint density at radius 2 is 2.23 bits per heavy atom. The lowest BCUT2D eigenvalue weighted by molar-refractivity contribution is 0.281. The van der Waals surface area contributed by atoms with Gasteiger partial charge in [-0.1, -0.05) is 0 Å². The molecule has 1 aliphatic carbocycles. The van der Waals surface area contributed by atoms with E-state index in [-0.39, 0.29) is 0 Å². The van der Waals surface area contributed by atoms with Crippen LogP contribution in [0.5, 0.6) is 11.5 Å². The molecule has 70 valence electrons. The van der Waals surface area contributed by atoms with Crippen LogP contribution in [0.4, 0.5) is 5.69 Å². The van der Waals surface area contributed by atoms with Gasteiger partial charge in [0.2, 0.25) is 0 Å². The van der Waals surface area contributed by atoms with Crippen LogP contribution in [0.25, 0.3) is 0 Å². The van der Waals surface area contributed by atoms with Crippen molar-refractivity contribution in [3.8, 4) is 11.5 Å². The summed E-state index contributed by atoms with van der Waals surface area (Å²) in [7, 11) is 1.57. The predicted octanol–water partition coefficient (Wildman–Crippen LogP) is 1.21. The highest BCUT2D eigenvalue weighted by Gasteiger charge is 2.25. The summed E-state index contributed by atoms with van der Waals surface area (Å²) in [5.41, 5.74) is 6.18. The SMILES string of the molecule is COc1c(N)cncc1OC1CC1. The van der Waals surface area contributed by atoms with Crippen LogP contribution in [0, 0.1) is 0 Å². The van der Waals surface area contributed by atoms with Crippen LogP contribution >= 0.6 is 0 Å². The quantitative estimate of drug-likeness (QED) is 0.759. The molecule has 4 nitrogen and oxygen atoms in total. The molecule has 0 radical (unpaired) electrons. The lowest BCUT2D eigenvalue weighted by atomic mass is 10.3. The predicted molar refractivity (Wildman–Crippen MR) is 48.9 cm³/mol. The van der Waals surface area contributed by atoms with Crippen molar-refractivity contribution in [2.24, 2.45) is 0 Å². The standard InChI is InChI=1S/C9H12N2O2/c1-12-9-7(10)4-11-5-8(9)13-6-2-3-6/h4-6H,2-3,10H2,1H3. The van der Waals surface area contributed by atoms with Gasteiger partial charge in [0.05, 0.1) is 31.3 Å². The van der Waals surface area contributed by atoms with Crippen molar-refractivity contribution in [2.75, 3.05) is 12.8 Å². The molecule has 1 saturated carbocycles. The Hall–Kier alpha value is -1.45. The molecule has 0 saturated heterocycles. The van der Waals surface area contributed by atoms with Gasteiger partial charge in [0.25, 0.3) is 0 Å². The molecule has 0 atom stereocenters. The molecule has 1 aromatic rings. The summed E-state index contributed by atoms with van der Waals surface area (Å²) in [6, 6.07) is 0. The molecule has 4 heteroatoms. The topological polar surface area (TPSA) is 57.4 Å². The van der Waals surface area contributed by atoms with Gasteiger partial charge in [-0.25, -0.2) is 0 Å². The number of pyridine rings is 1. The van der Waals surface area contributed by atoms with Gasteiger partial charge in [0, 0.05) is 0 Å². The van der Waals surface area contributed by atoms with Crippen LogP contribution in [0.3, 0.4) is 0 Å². The molecule has 0 bridgehead atoms. The van der Waals surface area contributed by atoms with Crippen LogP contribution in [-0.2, 0) is 0 Å². The highest BCUT2D eigenvalue weighted by Crippen LogP contribution is 2.36. The minimum Gasteiger partial charge on any atom is -0.491 e. The van der Waals surface area contributed by atoms with Gasteiger partial charge in [-0.2, -0.15) is 0 Å². The van der Waals surface area contributed by atoms with Crippen LogP contribution < -0.4 is 15.2 Å². The summed E-state index contributed by atoms with van der Waals surface area (Å²) in [5.74, 6) is 1.23. The zero-order valence-corrected chi connectivity index (χ0v) is 7.49. The fourth-order valence-electron chi connectivity index (χ4n) is 1.11. The molecule has 1 fully saturated rings. The number of nitrogens with zero attached hydrogens (tertiary/aromatic N) is 1. The third kappa shape index (κ3) is 1.66. The van der Waals surface area contributed by atoms with Crippen LogP contribution in [0.15, 0.2) is 12.4 Å². The molecule has 0 spiro atoms. The zero-order valence-electron chi connectivity index (χ0n) is 7.49. The zero-order chi connectivity index (χ0) is 9.26. The minimum absolute atomic E-state index is 0.331. The van der Waals surface area contributed by atoms with Crippen molar-refractivity contribution in [3.63, 3.8) is 0 Å². The van der Waals surface area contributed by atoms with Gasteiger partial charge in [-0.15, -0.1) is 0 Å². The van der Waals surface area contributed by atoms with E-state index in [1.165, 1.54) is 0 Å². The van der Waals surface area contributed by atoms with Gasteiger partial charge in [0.15, 0.2) is 11.5 Å². The summed E-state index contributed by atoms with van der Waals surface area (Å²) in [6.45, 7) is 0. The summed E-state index contributed by atoms with van der Waals surface area (Å²) in [6.07, 6.45) is 5.74. The first kappa shape index (κ1) is 8.16. The summed E-state index contributed by atoms with van der Waals surface area (Å²) in [5, 5.41) is 0. The molecule has 1 aromatic heterocycles. The van der Waals surface area contributed by atoms with Gasteiger partial charge >= 0.3 is 0 Å². The van der Waals surface area contributed by atoms with Crippen molar-refractivity contribution >= 4 is 5.69 Å². The highest BCUT2D eigenvalue weighted by molar-refractivity contribution is 5.57. The third-order valence-corrected chi connectivity index (χ3v) is 1.91. The Labute approximate surface area is 76.7 Å². The smallest absolute Gasteiger partial charge is 0.187 e. The second-order valence-corrected chi connectivity index (χ2v) is 3.08. The van der Waals surface area contributed by atoms with E-state index in [0.29, 0.717) is 23.3 Å². The second-order valence-electron chi connectivity index (χ2n) is 3.08. The largest absolute Gasteiger partial charge is 0.491 e. The Morgan fingerprint density at radius 1 is 1.46 bits per heavy atom. The number of nitrogens with two attached hydrogens (primary N) is 1. The number of methoxy groups -OCH3 is 1. The van der Waals surface area contributed by atoms with Crippen molar-refractivity contribution in [1.82, 2.24) is 4.98 Å². The maximum atomic E-state index is 5.66. The van der Waals surface area contributed by atoms with Crippen molar-refractivity contribution in [2.45, 2.75) is 18.9 Å². The number of aromatic nitrogens is 1. The molecular weight excluding hydrogens is 168 g/mol. The normalized spacial score (nSPS) is 15.5. The van der Waals surface area contributed by atoms with Crippen molar-refractivity contribution in [1.29, 1.82) is 0 Å². The number of hydrogen-bond acceptors (Lipinski definition) is 4. The van der Waals surface area contributed by atoms with Gasteiger partial charge in [-0.05, 0) is 12.8 Å². The Balaban J connectivity index is 2.25. The maximum absolute atomic E-state index is 5.66. The Bertz CT molecular complexity index is 310. The second kappa shape index (κ2) is 3.12. The lowest BCUT2D eigenvalue weighted by Crippen LogP contribution is -2.01. The maximum Gasteiger partial charge on any atom is 0.187 e. The monoisotopic (exact) mass is 180 g/mol. The summed E-state index contributed by atoms with van der Waals surface area (Å²) < 4.78 is 10.7. The average Bonchev–Trinajstić information content (AvgIpc) is 2.89. The molecule has 1 heterocycles. The van der Waals surface area contributed by atoms with E-state index in [1.807, 2.05) is 0 Å². The summed E-state index contributed by atoms with van der Waals surface area (Å²) >= 11 is 0. The molecule has 0 aliphatic heterocycles. The van der Waals surface area contributed by atoms with E-state index in [4.69, 9.17) is 15.2 Å². The first-order chi connectivity index (χ1) is 6.31. The third-order valence-electron chi connectivity index (χ3n) is 1.91. The molecular formula is C9H12N2O2. The first-order valence-corrected chi connectivity index (χ1v) is 4.25. The Morgan fingerprint density at radius 3 is 2.85 bits per heavy atom. The number of ether oxygens (including phenoxy) is 2. The van der Waals surface area contributed by atoms with Crippen LogP contribution in [-0.4, -0.2) is 18.2 Å². The summed E-state index contributed by atoms with van der Waals surface area (Å²) in [4.78, 5) is 3.94. The Kier molecular flexibility index (Phi) is 1.96. The fourth-order valence-corrected chi connectivity index (χ4v) is 1.11. The van der Waals surface area contributed by atoms with E-state index in [1.54, 1.807) is 19.5 Å². The molecule has 0 amide bonds. The highest BCUT2D eigenvalue weighted by atomic mass is 16.5. The van der Waals surface area contributed by atoms with Crippen LogP contribution in [0.2, 0.25) is 0 Å². The van der Waals surface area contributed by atoms with Crippen molar-refractivity contribution in [3.05, 3.63) is 12.4 Å². The first-order valence-electron chi connectivity index (χ1n) is 4.25. The van der Waals surface area contributed by atoms with Gasteiger partial charge in [0.1, 0.15) is 0 Å². The lowest BCUT2D eigenvalue weighted by Gasteiger charge is -2.10. The number of nitrogen functional groups attached to an aromatic ring is 1. The van der Waals surface area contributed by atoms with Crippen molar-refractivity contribution < 1.29 is 9.47 Å². The minimum atomic E-state index is 0.331. The molecule has 2 N–H and O–H groups in total. The number of hydrogen-bond donors (Lipinski definition) is 1. The van der Waals surface area contributed by atoms with E-state index in [2.05, 4.69) is 4.98 Å². The van der Waals surface area contributed by atoms with E-state index >= 15 is 0 Å². The van der Waals surface area contributed by atoms with E-state index < -0.39 is 0 Å². The fraction of sp³-hybridized carbons (Fsp3) is 0.444. The van der Waals surface area contributed by atoms with Gasteiger partial charge < -0.3 is 15.2 Å². The number of rotatable bonds is 3.